The molecule has 1 saturated heterocycles. The van der Waals surface area contributed by atoms with E-state index in [0.717, 1.165) is 0 Å². The third-order valence-corrected chi connectivity index (χ3v) is 2.05. The minimum absolute atomic E-state index is 0.216. The molecule has 1 atom stereocenters. The lowest BCUT2D eigenvalue weighted by Crippen LogP contribution is -2.25. The summed E-state index contributed by atoms with van der Waals surface area (Å²) in [5, 5.41) is 0. The molecule has 0 radical (unpaired) electrons. The maximum Gasteiger partial charge on any atom is 0.348 e. The van der Waals surface area contributed by atoms with Crippen LogP contribution >= 0.6 is 0 Å². The molecule has 1 unspecified atom stereocenters. The molecule has 0 spiro atoms. The van der Waals surface area contributed by atoms with E-state index >= 15 is 0 Å². The van der Waals surface area contributed by atoms with Crippen LogP contribution in [0, 0.1) is 5.92 Å². The summed E-state index contributed by atoms with van der Waals surface area (Å²) in [7, 11) is 0. The quantitative estimate of drug-likeness (QED) is 0.630. The van der Waals surface area contributed by atoms with Crippen LogP contribution < -0.4 is 0 Å². The van der Waals surface area contributed by atoms with E-state index in [1.54, 1.807) is 27.7 Å². The summed E-state index contributed by atoms with van der Waals surface area (Å²) < 4.78 is 10.0. The van der Waals surface area contributed by atoms with E-state index < -0.39 is 17.7 Å². The van der Waals surface area contributed by atoms with E-state index in [-0.39, 0.29) is 11.9 Å². The fourth-order valence-corrected chi connectivity index (χ4v) is 1.28. The third kappa shape index (κ3) is 2.47. The van der Waals surface area contributed by atoms with E-state index in [1.165, 1.54) is 0 Å². The molecule has 0 aromatic rings. The predicted octanol–water partition coefficient (Wildman–Crippen LogP) is 1.28. The Labute approximate surface area is 83.6 Å². The Morgan fingerprint density at radius 3 is 2.50 bits per heavy atom. The molecular formula is C10H16O4. The minimum Gasteiger partial charge on any atom is -0.457 e. The van der Waals surface area contributed by atoms with Crippen molar-refractivity contribution in [2.75, 3.05) is 0 Å². The zero-order valence-electron chi connectivity index (χ0n) is 8.99. The van der Waals surface area contributed by atoms with Gasteiger partial charge in [0.1, 0.15) is 5.60 Å². The van der Waals surface area contributed by atoms with Crippen molar-refractivity contribution in [2.45, 2.75) is 45.8 Å². The Balaban J connectivity index is 2.55. The topological polar surface area (TPSA) is 52.6 Å². The van der Waals surface area contributed by atoms with Crippen molar-refractivity contribution in [2.24, 2.45) is 5.92 Å². The zero-order chi connectivity index (χ0) is 10.9. The number of carbonyl (C=O) groups is 2. The normalized spacial score (nSPS) is 24.9. The van der Waals surface area contributed by atoms with Gasteiger partial charge in [0.25, 0.3) is 0 Å². The van der Waals surface area contributed by atoms with E-state index in [0.29, 0.717) is 6.42 Å². The highest BCUT2D eigenvalue weighted by atomic mass is 16.6. The lowest BCUT2D eigenvalue weighted by molar-refractivity contribution is -0.164. The van der Waals surface area contributed by atoms with Crippen LogP contribution in [0.3, 0.4) is 0 Å². The van der Waals surface area contributed by atoms with Gasteiger partial charge in [-0.15, -0.1) is 0 Å². The average molecular weight is 200 g/mol. The van der Waals surface area contributed by atoms with Crippen LogP contribution in [0.15, 0.2) is 0 Å². The number of hydrogen-bond donors (Lipinski definition) is 0. The molecule has 0 aromatic carbocycles. The fraction of sp³-hybridized carbons (Fsp3) is 0.800. The van der Waals surface area contributed by atoms with Crippen LogP contribution in [0.5, 0.6) is 0 Å². The highest BCUT2D eigenvalue weighted by molar-refractivity contribution is 5.81. The molecule has 0 bridgehead atoms. The van der Waals surface area contributed by atoms with Crippen molar-refractivity contribution < 1.29 is 19.1 Å². The van der Waals surface area contributed by atoms with Gasteiger partial charge < -0.3 is 9.47 Å². The molecule has 1 rings (SSSR count). The number of rotatable bonds is 2. The summed E-state index contributed by atoms with van der Waals surface area (Å²) in [6.45, 7) is 7.06. The van der Waals surface area contributed by atoms with Gasteiger partial charge in [-0.3, -0.25) is 4.79 Å². The second-order valence-electron chi connectivity index (χ2n) is 4.47. The highest BCUT2D eigenvalue weighted by Gasteiger charge is 2.42. The summed E-state index contributed by atoms with van der Waals surface area (Å²) in [5.41, 5.74) is -0.515. The maximum atomic E-state index is 11.2. The van der Waals surface area contributed by atoms with Crippen LogP contribution in [0.1, 0.15) is 34.1 Å². The minimum atomic E-state index is -0.722. The van der Waals surface area contributed by atoms with Gasteiger partial charge in [0.15, 0.2) is 0 Å². The number of carbonyl (C=O) groups excluding carboxylic acids is 2. The van der Waals surface area contributed by atoms with Gasteiger partial charge in [-0.1, -0.05) is 13.8 Å². The molecule has 1 fully saturated rings. The molecule has 1 aliphatic heterocycles. The molecule has 0 N–H and O–H groups in total. The van der Waals surface area contributed by atoms with Crippen LogP contribution in [0.25, 0.3) is 0 Å². The van der Waals surface area contributed by atoms with Gasteiger partial charge in [-0.2, -0.15) is 0 Å². The molecule has 4 nitrogen and oxygen atoms in total. The smallest absolute Gasteiger partial charge is 0.348 e. The van der Waals surface area contributed by atoms with Gasteiger partial charge in [-0.05, 0) is 13.8 Å². The first kappa shape index (κ1) is 11.0. The maximum absolute atomic E-state index is 11.2. The number of hydrogen-bond acceptors (Lipinski definition) is 4. The van der Waals surface area contributed by atoms with Gasteiger partial charge in [0, 0.05) is 6.42 Å². The van der Waals surface area contributed by atoms with Crippen LogP contribution in [0.2, 0.25) is 0 Å². The Morgan fingerprint density at radius 1 is 1.57 bits per heavy atom. The van der Waals surface area contributed by atoms with Gasteiger partial charge in [-0.25, -0.2) is 4.79 Å². The molecule has 1 heterocycles. The third-order valence-electron chi connectivity index (χ3n) is 2.05. The molecule has 0 aromatic heterocycles. The Morgan fingerprint density at radius 2 is 2.14 bits per heavy atom. The molecule has 0 aliphatic carbocycles. The van der Waals surface area contributed by atoms with Crippen molar-refractivity contribution in [1.29, 1.82) is 0 Å². The van der Waals surface area contributed by atoms with Gasteiger partial charge >= 0.3 is 11.9 Å². The first-order valence-corrected chi connectivity index (χ1v) is 4.75. The SMILES string of the molecule is CC(C)C(=O)OC1CC(C)(C)OC1=O. The molecule has 80 valence electrons. The van der Waals surface area contributed by atoms with Crippen molar-refractivity contribution in [3.8, 4) is 0 Å². The van der Waals surface area contributed by atoms with Crippen molar-refractivity contribution >= 4 is 11.9 Å². The number of ether oxygens (including phenoxy) is 2. The second-order valence-corrected chi connectivity index (χ2v) is 4.47. The molecule has 0 amide bonds. The monoisotopic (exact) mass is 200 g/mol. The van der Waals surface area contributed by atoms with Gasteiger partial charge in [0.05, 0.1) is 5.92 Å². The van der Waals surface area contributed by atoms with Crippen LogP contribution in [0.4, 0.5) is 0 Å². The first-order chi connectivity index (χ1) is 6.32. The van der Waals surface area contributed by atoms with E-state index in [9.17, 15) is 9.59 Å². The van der Waals surface area contributed by atoms with Gasteiger partial charge in [0.2, 0.25) is 6.10 Å². The van der Waals surface area contributed by atoms with Crippen LogP contribution in [-0.2, 0) is 19.1 Å². The molecule has 4 heteroatoms. The lowest BCUT2D eigenvalue weighted by atomic mass is 10.0. The van der Waals surface area contributed by atoms with Crippen LogP contribution in [-0.4, -0.2) is 23.6 Å². The first-order valence-electron chi connectivity index (χ1n) is 4.75. The Hall–Kier alpha value is -1.06. The average Bonchev–Trinajstić information content (AvgIpc) is 2.24. The summed E-state index contributed by atoms with van der Waals surface area (Å²) >= 11 is 0. The molecule has 14 heavy (non-hydrogen) atoms. The van der Waals surface area contributed by atoms with E-state index in [4.69, 9.17) is 9.47 Å². The molecule has 0 saturated carbocycles. The number of esters is 2. The molecule has 1 aliphatic rings. The number of cyclic esters (lactones) is 1. The second kappa shape index (κ2) is 3.59. The van der Waals surface area contributed by atoms with E-state index in [2.05, 4.69) is 0 Å². The standard InChI is InChI=1S/C10H16O4/c1-6(2)8(11)13-7-5-10(3,4)14-9(7)12/h6-7H,5H2,1-4H3. The van der Waals surface area contributed by atoms with Crippen molar-refractivity contribution in [3.63, 3.8) is 0 Å². The zero-order valence-corrected chi connectivity index (χ0v) is 8.99. The largest absolute Gasteiger partial charge is 0.457 e. The lowest BCUT2D eigenvalue weighted by Gasteiger charge is -2.14. The summed E-state index contributed by atoms with van der Waals surface area (Å²) in [6, 6.07) is 0. The fourth-order valence-electron chi connectivity index (χ4n) is 1.28. The van der Waals surface area contributed by atoms with E-state index in [1.807, 2.05) is 0 Å². The Bertz CT molecular complexity index is 255. The summed E-state index contributed by atoms with van der Waals surface area (Å²) in [5.74, 6) is -1.01. The van der Waals surface area contributed by atoms with Crippen molar-refractivity contribution in [3.05, 3.63) is 0 Å². The highest BCUT2D eigenvalue weighted by Crippen LogP contribution is 2.28. The van der Waals surface area contributed by atoms with Crippen molar-refractivity contribution in [1.82, 2.24) is 0 Å². The molecular weight excluding hydrogens is 184 g/mol. The summed E-state index contributed by atoms with van der Waals surface area (Å²) in [4.78, 5) is 22.5. The summed E-state index contributed by atoms with van der Waals surface area (Å²) in [6.07, 6.45) is -0.288. The predicted molar refractivity (Wildman–Crippen MR) is 49.5 cm³/mol. The Kier molecular flexibility index (Phi) is 2.83.